The van der Waals surface area contributed by atoms with Crippen LogP contribution in [0.2, 0.25) is 0 Å². The van der Waals surface area contributed by atoms with E-state index in [2.05, 4.69) is 19.9 Å². The Kier molecular flexibility index (Phi) is 3.89. The van der Waals surface area contributed by atoms with Crippen LogP contribution in [0, 0.1) is 20.8 Å². The molecule has 6 heteroatoms. The van der Waals surface area contributed by atoms with Crippen LogP contribution in [-0.4, -0.2) is 26.3 Å². The second kappa shape index (κ2) is 6.00. The van der Waals surface area contributed by atoms with Crippen LogP contribution < -0.4 is 0 Å². The number of benzene rings is 1. The molecule has 0 saturated heterocycles. The van der Waals surface area contributed by atoms with Crippen LogP contribution in [-0.2, 0) is 0 Å². The summed E-state index contributed by atoms with van der Waals surface area (Å²) in [6.07, 6.45) is 1.39. The van der Waals surface area contributed by atoms with Crippen LogP contribution in [0.4, 0.5) is 5.95 Å². The van der Waals surface area contributed by atoms with E-state index >= 15 is 0 Å². The number of hydrogen-bond acceptors (Lipinski definition) is 6. The topological polar surface area (TPSA) is 84.4 Å². The van der Waals surface area contributed by atoms with E-state index in [9.17, 15) is 5.11 Å². The predicted molar refractivity (Wildman–Crippen MR) is 87.1 cm³/mol. The van der Waals surface area contributed by atoms with Gasteiger partial charge < -0.3 is 9.52 Å². The first-order chi connectivity index (χ1) is 11.0. The largest absolute Gasteiger partial charge is 0.479 e. The molecule has 6 nitrogen and oxygen atoms in total. The SMILES string of the molecule is Cc1ccc(-c2nc(C=Nc3nc(C)cc(C)n3)c(O)o2)cc1. The molecule has 0 aliphatic rings. The van der Waals surface area contributed by atoms with E-state index in [1.54, 1.807) is 0 Å². The quantitative estimate of drug-likeness (QED) is 0.748. The van der Waals surface area contributed by atoms with E-state index in [1.807, 2.05) is 51.1 Å². The number of oxazole rings is 1. The normalized spacial score (nSPS) is 11.3. The highest BCUT2D eigenvalue weighted by atomic mass is 16.5. The Bertz CT molecular complexity index is 847. The number of hydrogen-bond donors (Lipinski definition) is 1. The molecule has 116 valence electrons. The van der Waals surface area contributed by atoms with Gasteiger partial charge in [0.1, 0.15) is 0 Å². The van der Waals surface area contributed by atoms with Crippen molar-refractivity contribution in [1.29, 1.82) is 0 Å². The molecule has 23 heavy (non-hydrogen) atoms. The minimum atomic E-state index is -0.284. The summed E-state index contributed by atoms with van der Waals surface area (Å²) in [6.45, 7) is 5.74. The van der Waals surface area contributed by atoms with Crippen molar-refractivity contribution in [2.75, 3.05) is 0 Å². The van der Waals surface area contributed by atoms with Gasteiger partial charge in [0.15, 0.2) is 5.69 Å². The van der Waals surface area contributed by atoms with Crippen LogP contribution >= 0.6 is 0 Å². The fourth-order valence-corrected chi connectivity index (χ4v) is 2.11. The lowest BCUT2D eigenvalue weighted by molar-refractivity contribution is 0.337. The van der Waals surface area contributed by atoms with Crippen molar-refractivity contribution in [3.05, 3.63) is 53.0 Å². The summed E-state index contributed by atoms with van der Waals surface area (Å²) in [7, 11) is 0. The van der Waals surface area contributed by atoms with E-state index < -0.39 is 0 Å². The van der Waals surface area contributed by atoms with Crippen molar-refractivity contribution >= 4 is 12.2 Å². The van der Waals surface area contributed by atoms with Crippen LogP contribution in [0.15, 0.2) is 39.7 Å². The molecule has 0 saturated carbocycles. The molecule has 0 amide bonds. The van der Waals surface area contributed by atoms with Gasteiger partial charge in [-0.05, 0) is 39.0 Å². The van der Waals surface area contributed by atoms with Gasteiger partial charge in [0, 0.05) is 17.0 Å². The molecular weight excluding hydrogens is 292 g/mol. The average Bonchev–Trinajstić information content (AvgIpc) is 2.86. The molecule has 1 aromatic carbocycles. The molecule has 2 heterocycles. The fraction of sp³-hybridized carbons (Fsp3) is 0.176. The van der Waals surface area contributed by atoms with E-state index in [1.165, 1.54) is 6.21 Å². The molecule has 0 aliphatic heterocycles. The van der Waals surface area contributed by atoms with Crippen LogP contribution in [0.5, 0.6) is 5.95 Å². The zero-order chi connectivity index (χ0) is 16.4. The molecule has 3 rings (SSSR count). The Morgan fingerprint density at radius 2 is 1.65 bits per heavy atom. The predicted octanol–water partition coefficient (Wildman–Crippen LogP) is 3.51. The maximum Gasteiger partial charge on any atom is 0.312 e. The Labute approximate surface area is 133 Å². The minimum absolute atomic E-state index is 0.239. The summed E-state index contributed by atoms with van der Waals surface area (Å²) in [5, 5.41) is 9.87. The second-order valence-corrected chi connectivity index (χ2v) is 5.28. The molecule has 0 aliphatic carbocycles. The summed E-state index contributed by atoms with van der Waals surface area (Å²) in [4.78, 5) is 16.8. The third-order valence-corrected chi connectivity index (χ3v) is 3.21. The first-order valence-electron chi connectivity index (χ1n) is 7.14. The molecule has 0 fully saturated rings. The molecule has 0 radical (unpaired) electrons. The van der Waals surface area contributed by atoms with E-state index in [4.69, 9.17) is 4.42 Å². The number of rotatable bonds is 3. The van der Waals surface area contributed by atoms with Crippen molar-refractivity contribution in [2.24, 2.45) is 4.99 Å². The summed E-state index contributed by atoms with van der Waals surface area (Å²) in [5.74, 6) is 0.376. The summed E-state index contributed by atoms with van der Waals surface area (Å²) in [6, 6.07) is 9.53. The summed E-state index contributed by atoms with van der Waals surface area (Å²) < 4.78 is 5.29. The van der Waals surface area contributed by atoms with E-state index in [0.717, 1.165) is 22.5 Å². The van der Waals surface area contributed by atoms with Gasteiger partial charge in [-0.25, -0.2) is 19.9 Å². The lowest BCUT2D eigenvalue weighted by Gasteiger charge is -1.96. The zero-order valence-corrected chi connectivity index (χ0v) is 13.1. The summed E-state index contributed by atoms with van der Waals surface area (Å²) in [5.41, 5.74) is 3.82. The van der Waals surface area contributed by atoms with Gasteiger partial charge in [-0.1, -0.05) is 17.7 Å². The molecule has 0 spiro atoms. The molecule has 0 bridgehead atoms. The van der Waals surface area contributed by atoms with Gasteiger partial charge in [-0.15, -0.1) is 0 Å². The highest BCUT2D eigenvalue weighted by molar-refractivity contribution is 5.82. The van der Waals surface area contributed by atoms with Gasteiger partial charge >= 0.3 is 5.95 Å². The molecule has 3 aromatic rings. The highest BCUT2D eigenvalue weighted by Gasteiger charge is 2.12. The van der Waals surface area contributed by atoms with Gasteiger partial charge in [0.2, 0.25) is 11.8 Å². The second-order valence-electron chi connectivity index (χ2n) is 5.28. The summed E-state index contributed by atoms with van der Waals surface area (Å²) >= 11 is 0. The van der Waals surface area contributed by atoms with Crippen LogP contribution in [0.1, 0.15) is 22.6 Å². The maximum atomic E-state index is 9.87. The number of aryl methyl sites for hydroxylation is 3. The lowest BCUT2D eigenvalue weighted by atomic mass is 10.1. The monoisotopic (exact) mass is 308 g/mol. The van der Waals surface area contributed by atoms with Gasteiger partial charge in [0.25, 0.3) is 0 Å². The van der Waals surface area contributed by atoms with Crippen molar-refractivity contribution in [3.8, 4) is 17.4 Å². The first-order valence-corrected chi connectivity index (χ1v) is 7.14. The van der Waals surface area contributed by atoms with Crippen molar-refractivity contribution in [2.45, 2.75) is 20.8 Å². The molecule has 1 N–H and O–H groups in total. The number of aliphatic imine (C=N–C) groups is 1. The van der Waals surface area contributed by atoms with Crippen molar-refractivity contribution in [1.82, 2.24) is 15.0 Å². The van der Waals surface area contributed by atoms with E-state index in [0.29, 0.717) is 11.8 Å². The van der Waals surface area contributed by atoms with Crippen molar-refractivity contribution < 1.29 is 9.52 Å². The standard InChI is InChI=1S/C17H16N4O2/c1-10-4-6-13(7-5-10)15-21-14(16(22)23-15)9-18-17-19-11(2)8-12(3)20-17/h4-9,22H,1-3H3. The molecule has 0 atom stereocenters. The Morgan fingerprint density at radius 3 is 2.30 bits per heavy atom. The van der Waals surface area contributed by atoms with E-state index in [-0.39, 0.29) is 11.6 Å². The van der Waals surface area contributed by atoms with Crippen LogP contribution in [0.25, 0.3) is 11.5 Å². The first kappa shape index (κ1) is 14.9. The highest BCUT2D eigenvalue weighted by Crippen LogP contribution is 2.25. The molecule has 2 aromatic heterocycles. The Morgan fingerprint density at radius 1 is 1.00 bits per heavy atom. The zero-order valence-electron chi connectivity index (χ0n) is 13.1. The molecule has 0 unspecified atom stereocenters. The van der Waals surface area contributed by atoms with Crippen LogP contribution in [0.3, 0.4) is 0 Å². The Hall–Kier alpha value is -3.02. The van der Waals surface area contributed by atoms with Gasteiger partial charge in [0.05, 0.1) is 6.21 Å². The number of aromatic nitrogens is 3. The third-order valence-electron chi connectivity index (χ3n) is 3.21. The third kappa shape index (κ3) is 3.42. The number of aromatic hydroxyl groups is 1. The molecular formula is C17H16N4O2. The average molecular weight is 308 g/mol. The van der Waals surface area contributed by atoms with Gasteiger partial charge in [-0.2, -0.15) is 0 Å². The fourth-order valence-electron chi connectivity index (χ4n) is 2.11. The Balaban J connectivity index is 1.89. The minimum Gasteiger partial charge on any atom is -0.479 e. The smallest absolute Gasteiger partial charge is 0.312 e. The number of nitrogens with zero attached hydrogens (tertiary/aromatic N) is 4. The van der Waals surface area contributed by atoms with Crippen molar-refractivity contribution in [3.63, 3.8) is 0 Å². The van der Waals surface area contributed by atoms with Gasteiger partial charge in [-0.3, -0.25) is 0 Å². The lowest BCUT2D eigenvalue weighted by Crippen LogP contribution is -1.90. The maximum absolute atomic E-state index is 9.87.